The maximum Gasteiger partial charge on any atom is 0.306 e. The molecule has 2 heteroatoms. The van der Waals surface area contributed by atoms with E-state index < -0.39 is 5.97 Å². The maximum atomic E-state index is 11.0. The SMILES string of the molecule is O=C(O)C1CC2=CC3=CC=CCC3CC2C1. The Hall–Kier alpha value is -1.31. The van der Waals surface area contributed by atoms with E-state index in [9.17, 15) is 4.79 Å². The van der Waals surface area contributed by atoms with Crippen LogP contribution in [0, 0.1) is 17.8 Å². The molecule has 3 aliphatic rings. The van der Waals surface area contributed by atoms with Crippen LogP contribution >= 0.6 is 0 Å². The Bertz CT molecular complexity index is 414. The van der Waals surface area contributed by atoms with Crippen LogP contribution in [-0.4, -0.2) is 11.1 Å². The van der Waals surface area contributed by atoms with Gasteiger partial charge in [0.1, 0.15) is 0 Å². The molecule has 3 unspecified atom stereocenters. The average Bonchev–Trinajstić information content (AvgIpc) is 2.68. The number of carboxylic acids is 1. The lowest BCUT2D eigenvalue weighted by Crippen LogP contribution is -2.16. The van der Waals surface area contributed by atoms with Crippen molar-refractivity contribution in [1.29, 1.82) is 0 Å². The summed E-state index contributed by atoms with van der Waals surface area (Å²) in [4.78, 5) is 11.0. The normalized spacial score (nSPS) is 36.1. The second-order valence-corrected chi connectivity index (χ2v) is 5.15. The Kier molecular flexibility index (Phi) is 2.23. The van der Waals surface area contributed by atoms with Crippen LogP contribution in [0.1, 0.15) is 25.7 Å². The summed E-state index contributed by atoms with van der Waals surface area (Å²) in [7, 11) is 0. The Morgan fingerprint density at radius 2 is 2.19 bits per heavy atom. The molecule has 0 aromatic heterocycles. The molecule has 0 aromatic carbocycles. The van der Waals surface area contributed by atoms with Crippen molar-refractivity contribution in [1.82, 2.24) is 0 Å². The van der Waals surface area contributed by atoms with E-state index in [0.717, 1.165) is 25.7 Å². The predicted octanol–water partition coefficient (Wildman–Crippen LogP) is 2.93. The van der Waals surface area contributed by atoms with Crippen LogP contribution in [0.4, 0.5) is 0 Å². The first kappa shape index (κ1) is 9.88. The molecule has 1 N–H and O–H groups in total. The van der Waals surface area contributed by atoms with Crippen LogP contribution < -0.4 is 0 Å². The number of allylic oxidation sites excluding steroid dienone is 6. The van der Waals surface area contributed by atoms with Gasteiger partial charge in [-0.1, -0.05) is 29.9 Å². The van der Waals surface area contributed by atoms with Crippen molar-refractivity contribution in [3.05, 3.63) is 35.5 Å². The number of aliphatic carboxylic acids is 1. The van der Waals surface area contributed by atoms with E-state index in [1.807, 2.05) is 0 Å². The molecule has 2 nitrogen and oxygen atoms in total. The van der Waals surface area contributed by atoms with Crippen LogP contribution in [0.15, 0.2) is 35.5 Å². The molecule has 3 aliphatic carbocycles. The third kappa shape index (κ3) is 1.53. The van der Waals surface area contributed by atoms with Gasteiger partial charge in [0.05, 0.1) is 5.92 Å². The number of fused-ring (bicyclic) bond motifs is 2. The minimum atomic E-state index is -0.620. The van der Waals surface area contributed by atoms with Crippen molar-refractivity contribution in [3.63, 3.8) is 0 Å². The molecule has 0 radical (unpaired) electrons. The van der Waals surface area contributed by atoms with E-state index in [-0.39, 0.29) is 5.92 Å². The highest BCUT2D eigenvalue weighted by Gasteiger charge is 2.37. The van der Waals surface area contributed by atoms with Crippen LogP contribution in [0.3, 0.4) is 0 Å². The van der Waals surface area contributed by atoms with Crippen LogP contribution in [0.2, 0.25) is 0 Å². The van der Waals surface area contributed by atoms with Crippen LogP contribution in [-0.2, 0) is 4.79 Å². The lowest BCUT2D eigenvalue weighted by Gasteiger charge is -2.28. The van der Waals surface area contributed by atoms with Gasteiger partial charge < -0.3 is 5.11 Å². The number of hydrogen-bond donors (Lipinski definition) is 1. The highest BCUT2D eigenvalue weighted by molar-refractivity contribution is 5.71. The first-order valence-electron chi connectivity index (χ1n) is 6.04. The Morgan fingerprint density at radius 1 is 1.31 bits per heavy atom. The molecule has 3 rings (SSSR count). The van der Waals surface area contributed by atoms with Crippen molar-refractivity contribution < 1.29 is 9.90 Å². The zero-order valence-electron chi connectivity index (χ0n) is 9.23. The van der Waals surface area contributed by atoms with Gasteiger partial charge in [0.2, 0.25) is 0 Å². The van der Waals surface area contributed by atoms with Gasteiger partial charge in [-0.2, -0.15) is 0 Å². The van der Waals surface area contributed by atoms with Crippen LogP contribution in [0.5, 0.6) is 0 Å². The second kappa shape index (κ2) is 3.62. The highest BCUT2D eigenvalue weighted by atomic mass is 16.4. The smallest absolute Gasteiger partial charge is 0.306 e. The number of carbonyl (C=O) groups is 1. The highest BCUT2D eigenvalue weighted by Crippen LogP contribution is 2.46. The first-order chi connectivity index (χ1) is 7.74. The number of carboxylic acid groups (broad SMARTS) is 1. The van der Waals surface area contributed by atoms with E-state index in [4.69, 9.17) is 5.11 Å². The van der Waals surface area contributed by atoms with Gasteiger partial charge in [-0.25, -0.2) is 0 Å². The monoisotopic (exact) mass is 216 g/mol. The summed E-state index contributed by atoms with van der Waals surface area (Å²) in [5.41, 5.74) is 2.80. The third-order valence-electron chi connectivity index (χ3n) is 4.16. The molecule has 1 fully saturated rings. The Morgan fingerprint density at radius 3 is 3.00 bits per heavy atom. The topological polar surface area (TPSA) is 37.3 Å². The molecule has 0 aromatic rings. The maximum absolute atomic E-state index is 11.0. The quantitative estimate of drug-likeness (QED) is 0.731. The second-order valence-electron chi connectivity index (χ2n) is 5.15. The lowest BCUT2D eigenvalue weighted by molar-refractivity contribution is -0.141. The fraction of sp³-hybridized carbons (Fsp3) is 0.500. The molecule has 0 amide bonds. The van der Waals surface area contributed by atoms with Gasteiger partial charge in [0.15, 0.2) is 0 Å². The summed E-state index contributed by atoms with van der Waals surface area (Å²) in [6, 6.07) is 0. The lowest BCUT2D eigenvalue weighted by atomic mass is 9.76. The van der Waals surface area contributed by atoms with E-state index >= 15 is 0 Å². The summed E-state index contributed by atoms with van der Waals surface area (Å²) in [6.07, 6.45) is 12.7. The summed E-state index contributed by atoms with van der Waals surface area (Å²) in [6.45, 7) is 0. The average molecular weight is 216 g/mol. The summed E-state index contributed by atoms with van der Waals surface area (Å²) in [5.74, 6) is 0.427. The van der Waals surface area contributed by atoms with Gasteiger partial charge in [-0.05, 0) is 43.1 Å². The van der Waals surface area contributed by atoms with Gasteiger partial charge in [0, 0.05) is 0 Å². The molecular formula is C14H16O2. The molecule has 0 aliphatic heterocycles. The van der Waals surface area contributed by atoms with E-state index in [2.05, 4.69) is 24.3 Å². The molecule has 0 saturated heterocycles. The minimum Gasteiger partial charge on any atom is -0.481 e. The minimum absolute atomic E-state index is 0.134. The number of rotatable bonds is 1. The summed E-state index contributed by atoms with van der Waals surface area (Å²) >= 11 is 0. The van der Waals surface area contributed by atoms with Gasteiger partial charge in [0.25, 0.3) is 0 Å². The molecule has 0 bridgehead atoms. The van der Waals surface area contributed by atoms with Crippen molar-refractivity contribution in [3.8, 4) is 0 Å². The first-order valence-corrected chi connectivity index (χ1v) is 6.04. The molecule has 1 saturated carbocycles. The van der Waals surface area contributed by atoms with Crippen molar-refractivity contribution >= 4 is 5.97 Å². The molecule has 0 spiro atoms. The van der Waals surface area contributed by atoms with Gasteiger partial charge >= 0.3 is 5.97 Å². The standard InChI is InChI=1S/C14H16O2/c15-14(16)13-7-11-5-9-3-1-2-4-10(9)6-12(11)8-13/h1-3,5,10,12-13H,4,6-8H2,(H,15,16). The van der Waals surface area contributed by atoms with Gasteiger partial charge in [-0.15, -0.1) is 0 Å². The summed E-state index contributed by atoms with van der Waals surface area (Å²) in [5, 5.41) is 9.06. The molecule has 3 atom stereocenters. The Labute approximate surface area is 95.4 Å². The Balaban J connectivity index is 1.86. The summed E-state index contributed by atoms with van der Waals surface area (Å²) < 4.78 is 0. The predicted molar refractivity (Wildman–Crippen MR) is 61.9 cm³/mol. The fourth-order valence-corrected chi connectivity index (χ4v) is 3.29. The fourth-order valence-electron chi connectivity index (χ4n) is 3.29. The van der Waals surface area contributed by atoms with Crippen molar-refractivity contribution in [2.24, 2.45) is 17.8 Å². The van der Waals surface area contributed by atoms with Crippen molar-refractivity contribution in [2.75, 3.05) is 0 Å². The molecule has 0 heterocycles. The number of hydrogen-bond acceptors (Lipinski definition) is 1. The van der Waals surface area contributed by atoms with Crippen molar-refractivity contribution in [2.45, 2.75) is 25.7 Å². The van der Waals surface area contributed by atoms with E-state index in [0.29, 0.717) is 11.8 Å². The molecule has 84 valence electrons. The zero-order chi connectivity index (χ0) is 11.1. The van der Waals surface area contributed by atoms with Gasteiger partial charge in [-0.3, -0.25) is 4.79 Å². The zero-order valence-corrected chi connectivity index (χ0v) is 9.23. The van der Waals surface area contributed by atoms with Crippen LogP contribution in [0.25, 0.3) is 0 Å². The molecular weight excluding hydrogens is 200 g/mol. The van der Waals surface area contributed by atoms with E-state index in [1.54, 1.807) is 0 Å². The third-order valence-corrected chi connectivity index (χ3v) is 4.16. The van der Waals surface area contributed by atoms with E-state index in [1.165, 1.54) is 11.1 Å². The largest absolute Gasteiger partial charge is 0.481 e. The molecule has 16 heavy (non-hydrogen) atoms.